The average molecular weight is 437 g/mol. The van der Waals surface area contributed by atoms with E-state index in [0.29, 0.717) is 21.6 Å². The molecule has 0 spiro atoms. The maximum Gasteiger partial charge on any atom is 0.271 e. The van der Waals surface area contributed by atoms with Crippen LogP contribution in [0.5, 0.6) is 5.75 Å². The zero-order valence-corrected chi connectivity index (χ0v) is 16.3. The van der Waals surface area contributed by atoms with Crippen LogP contribution in [0.15, 0.2) is 29.1 Å². The number of amides is 1. The Bertz CT molecular complexity index is 1100. The number of carbonyl (C=O) groups excluding carboxylic acids is 1. The maximum atomic E-state index is 14.3. The van der Waals surface area contributed by atoms with Crippen LogP contribution in [0.4, 0.5) is 14.5 Å². The molecule has 0 atom stereocenters. The van der Waals surface area contributed by atoms with E-state index in [1.807, 2.05) is 0 Å². The maximum absolute atomic E-state index is 14.3. The summed E-state index contributed by atoms with van der Waals surface area (Å²) >= 11 is 3.32. The molecule has 0 fully saturated rings. The van der Waals surface area contributed by atoms with E-state index in [-0.39, 0.29) is 18.0 Å². The molecule has 140 valence electrons. The van der Waals surface area contributed by atoms with Gasteiger partial charge in [0.25, 0.3) is 5.91 Å². The number of hydrogen-bond donors (Lipinski definition) is 0. The van der Waals surface area contributed by atoms with E-state index in [0.717, 1.165) is 12.1 Å². The van der Waals surface area contributed by atoms with Gasteiger partial charge < -0.3 is 4.74 Å². The summed E-state index contributed by atoms with van der Waals surface area (Å²) in [5.74, 6) is -2.18. The van der Waals surface area contributed by atoms with Gasteiger partial charge in [-0.05, 0) is 36.7 Å². The number of benzene rings is 1. The van der Waals surface area contributed by atoms with Crippen molar-refractivity contribution in [2.45, 2.75) is 32.9 Å². The van der Waals surface area contributed by atoms with Gasteiger partial charge in [0, 0.05) is 18.3 Å². The number of nitrogens with zero attached hydrogens (tertiary/aromatic N) is 4. The lowest BCUT2D eigenvalue weighted by atomic mass is 10.0. The monoisotopic (exact) mass is 436 g/mol. The Morgan fingerprint density at radius 2 is 2.04 bits per heavy atom. The van der Waals surface area contributed by atoms with Crippen molar-refractivity contribution in [3.8, 4) is 5.75 Å². The highest BCUT2D eigenvalue weighted by atomic mass is 79.9. The van der Waals surface area contributed by atoms with Gasteiger partial charge in [0.1, 0.15) is 10.4 Å². The predicted molar refractivity (Wildman–Crippen MR) is 97.7 cm³/mol. The van der Waals surface area contributed by atoms with Gasteiger partial charge in [0.2, 0.25) is 0 Å². The average Bonchev–Trinajstić information content (AvgIpc) is 2.88. The first-order valence-electron chi connectivity index (χ1n) is 8.16. The van der Waals surface area contributed by atoms with Gasteiger partial charge in [-0.25, -0.2) is 18.7 Å². The fraction of sp³-hybridized carbons (Fsp3) is 0.278. The minimum absolute atomic E-state index is 0.0549. The summed E-state index contributed by atoms with van der Waals surface area (Å²) < 4.78 is 36.1. The van der Waals surface area contributed by atoms with Crippen molar-refractivity contribution in [1.29, 1.82) is 0 Å². The topological polar surface area (TPSA) is 59.7 Å². The fourth-order valence-electron chi connectivity index (χ4n) is 3.18. The second-order valence-corrected chi connectivity index (χ2v) is 7.63. The predicted octanol–water partition coefficient (Wildman–Crippen LogP) is 3.78. The Kier molecular flexibility index (Phi) is 3.95. The quantitative estimate of drug-likeness (QED) is 0.613. The molecular formula is C18H15BrF2N4O2. The van der Waals surface area contributed by atoms with Crippen molar-refractivity contribution >= 4 is 33.2 Å². The standard InChI is InChI=1S/C18H15BrF2N4O2/c1-9-13(24-8-14(19)22-6-15(24)23-9)7-25-12-5-10(20)4-11(21)16(12)27-18(2,3)17(25)26/h4-6,8H,7H2,1-3H3. The fourth-order valence-corrected chi connectivity index (χ4v) is 3.48. The second-order valence-electron chi connectivity index (χ2n) is 6.82. The Labute approximate surface area is 161 Å². The molecule has 4 rings (SSSR count). The molecule has 6 nitrogen and oxygen atoms in total. The zero-order chi connectivity index (χ0) is 19.5. The van der Waals surface area contributed by atoms with Crippen LogP contribution < -0.4 is 9.64 Å². The van der Waals surface area contributed by atoms with Crippen LogP contribution in [-0.4, -0.2) is 25.9 Å². The Morgan fingerprint density at radius 3 is 2.78 bits per heavy atom. The Balaban J connectivity index is 1.88. The van der Waals surface area contributed by atoms with Crippen LogP contribution in [0, 0.1) is 18.6 Å². The van der Waals surface area contributed by atoms with Crippen molar-refractivity contribution in [3.05, 3.63) is 52.2 Å². The molecule has 3 heterocycles. The van der Waals surface area contributed by atoms with Crippen LogP contribution in [-0.2, 0) is 11.3 Å². The van der Waals surface area contributed by atoms with E-state index in [2.05, 4.69) is 25.9 Å². The lowest BCUT2D eigenvalue weighted by Crippen LogP contribution is -2.52. The number of rotatable bonds is 2. The third-order valence-corrected chi connectivity index (χ3v) is 4.89. The summed E-state index contributed by atoms with van der Waals surface area (Å²) in [7, 11) is 0. The van der Waals surface area contributed by atoms with E-state index < -0.39 is 23.1 Å². The van der Waals surface area contributed by atoms with Crippen LogP contribution >= 0.6 is 15.9 Å². The summed E-state index contributed by atoms with van der Waals surface area (Å²) in [5, 5.41) is 0. The second kappa shape index (κ2) is 5.98. The van der Waals surface area contributed by atoms with Gasteiger partial charge in [-0.3, -0.25) is 14.1 Å². The lowest BCUT2D eigenvalue weighted by molar-refractivity contribution is -0.133. The minimum Gasteiger partial charge on any atom is -0.473 e. The van der Waals surface area contributed by atoms with Crippen molar-refractivity contribution in [1.82, 2.24) is 14.4 Å². The molecule has 0 unspecified atom stereocenters. The molecule has 1 aliphatic rings. The van der Waals surface area contributed by atoms with Gasteiger partial charge in [0.15, 0.2) is 22.8 Å². The first-order valence-corrected chi connectivity index (χ1v) is 8.96. The molecule has 0 saturated carbocycles. The molecule has 9 heteroatoms. The van der Waals surface area contributed by atoms with Crippen molar-refractivity contribution in [2.24, 2.45) is 0 Å². The molecule has 0 aliphatic carbocycles. The number of fused-ring (bicyclic) bond motifs is 2. The van der Waals surface area contributed by atoms with E-state index >= 15 is 0 Å². The largest absolute Gasteiger partial charge is 0.473 e. The molecule has 3 aromatic rings. The third-order valence-electron chi connectivity index (χ3n) is 4.48. The highest BCUT2D eigenvalue weighted by Gasteiger charge is 2.43. The van der Waals surface area contributed by atoms with E-state index in [1.165, 1.54) is 4.90 Å². The molecule has 0 bridgehead atoms. The van der Waals surface area contributed by atoms with Gasteiger partial charge in [-0.2, -0.15) is 0 Å². The minimum atomic E-state index is -1.29. The summed E-state index contributed by atoms with van der Waals surface area (Å²) in [6.07, 6.45) is 3.33. The molecule has 0 N–H and O–H groups in total. The summed E-state index contributed by atoms with van der Waals surface area (Å²) in [6, 6.07) is 1.84. The Morgan fingerprint density at radius 1 is 1.30 bits per heavy atom. The molecule has 1 aliphatic heterocycles. The van der Waals surface area contributed by atoms with Crippen LogP contribution in [0.1, 0.15) is 25.2 Å². The number of ether oxygens (including phenoxy) is 1. The number of aryl methyl sites for hydroxylation is 1. The molecule has 1 amide bonds. The smallest absolute Gasteiger partial charge is 0.271 e. The summed E-state index contributed by atoms with van der Waals surface area (Å²) in [5.41, 5.74) is 0.762. The number of imidazole rings is 1. The van der Waals surface area contributed by atoms with Crippen LogP contribution in [0.3, 0.4) is 0 Å². The molecule has 0 radical (unpaired) electrons. The molecule has 27 heavy (non-hydrogen) atoms. The van der Waals surface area contributed by atoms with Gasteiger partial charge in [0.05, 0.1) is 29.8 Å². The SMILES string of the molecule is Cc1nc2cnc(Br)cn2c1CN1C(=O)C(C)(C)Oc2c(F)cc(F)cc21. The third kappa shape index (κ3) is 2.86. The highest BCUT2D eigenvalue weighted by Crippen LogP contribution is 2.41. The van der Waals surface area contributed by atoms with Crippen molar-refractivity contribution < 1.29 is 18.3 Å². The van der Waals surface area contributed by atoms with Crippen molar-refractivity contribution in [2.75, 3.05) is 4.90 Å². The normalized spacial score (nSPS) is 15.8. The molecular weight excluding hydrogens is 422 g/mol. The van der Waals surface area contributed by atoms with Gasteiger partial charge in [-0.15, -0.1) is 0 Å². The first-order chi connectivity index (χ1) is 12.7. The van der Waals surface area contributed by atoms with Crippen molar-refractivity contribution in [3.63, 3.8) is 0 Å². The molecule has 2 aromatic heterocycles. The van der Waals surface area contributed by atoms with Gasteiger partial charge >= 0.3 is 0 Å². The number of anilines is 1. The van der Waals surface area contributed by atoms with E-state index in [4.69, 9.17) is 4.74 Å². The van der Waals surface area contributed by atoms with Gasteiger partial charge in [-0.1, -0.05) is 0 Å². The number of hydrogen-bond acceptors (Lipinski definition) is 4. The number of carbonyl (C=O) groups is 1. The lowest BCUT2D eigenvalue weighted by Gasteiger charge is -2.38. The van der Waals surface area contributed by atoms with E-state index in [1.54, 1.807) is 37.6 Å². The number of halogens is 3. The van der Waals surface area contributed by atoms with Crippen LogP contribution in [0.2, 0.25) is 0 Å². The zero-order valence-electron chi connectivity index (χ0n) is 14.8. The highest BCUT2D eigenvalue weighted by molar-refractivity contribution is 9.10. The summed E-state index contributed by atoms with van der Waals surface area (Å²) in [6.45, 7) is 4.98. The van der Waals surface area contributed by atoms with Crippen LogP contribution in [0.25, 0.3) is 5.65 Å². The van der Waals surface area contributed by atoms with E-state index in [9.17, 15) is 13.6 Å². The summed E-state index contributed by atoms with van der Waals surface area (Å²) in [4.78, 5) is 22.9. The Hall–Kier alpha value is -2.55. The number of aromatic nitrogens is 3. The molecule has 1 aromatic carbocycles. The first kappa shape index (κ1) is 17.8. The molecule has 0 saturated heterocycles.